The van der Waals surface area contributed by atoms with E-state index >= 15 is 0 Å². The maximum atomic E-state index is 14.0. The Balaban J connectivity index is 2.04. The van der Waals surface area contributed by atoms with Gasteiger partial charge in [-0.1, -0.05) is 0 Å². The van der Waals surface area contributed by atoms with Crippen LogP contribution in [0.2, 0.25) is 0 Å². The van der Waals surface area contributed by atoms with Gasteiger partial charge in [0.2, 0.25) is 0 Å². The molecule has 2 aliphatic rings. The summed E-state index contributed by atoms with van der Waals surface area (Å²) in [6, 6.07) is 3.04. The molecular formula is C15H19F2NO3. The van der Waals surface area contributed by atoms with Crippen molar-refractivity contribution in [2.24, 2.45) is 0 Å². The highest BCUT2D eigenvalue weighted by Crippen LogP contribution is 2.42. The molecule has 0 radical (unpaired) electrons. The third kappa shape index (κ3) is 3.11. The van der Waals surface area contributed by atoms with Crippen molar-refractivity contribution in [3.8, 4) is 11.5 Å². The molecule has 1 fully saturated rings. The van der Waals surface area contributed by atoms with E-state index in [0.717, 1.165) is 19.9 Å². The first-order valence-corrected chi connectivity index (χ1v) is 7.20. The van der Waals surface area contributed by atoms with Gasteiger partial charge in [-0.15, -0.1) is 0 Å². The number of nitrogens with one attached hydrogen (secondary N) is 1. The van der Waals surface area contributed by atoms with Crippen molar-refractivity contribution in [2.75, 3.05) is 32.9 Å². The first-order valence-electron chi connectivity index (χ1n) is 7.20. The van der Waals surface area contributed by atoms with Crippen molar-refractivity contribution in [3.63, 3.8) is 0 Å². The summed E-state index contributed by atoms with van der Waals surface area (Å²) >= 11 is 0. The summed E-state index contributed by atoms with van der Waals surface area (Å²) in [7, 11) is 0. The fraction of sp³-hybridized carbons (Fsp3) is 0.600. The van der Waals surface area contributed by atoms with Crippen LogP contribution in [0, 0.1) is 0 Å². The number of ether oxygens (including phenoxy) is 3. The van der Waals surface area contributed by atoms with Crippen LogP contribution < -0.4 is 14.8 Å². The first kappa shape index (κ1) is 14.5. The van der Waals surface area contributed by atoms with E-state index in [0.29, 0.717) is 43.4 Å². The lowest BCUT2D eigenvalue weighted by molar-refractivity contribution is 0.000955. The average Bonchev–Trinajstić information content (AvgIpc) is 2.70. The van der Waals surface area contributed by atoms with Crippen molar-refractivity contribution < 1.29 is 23.0 Å². The quantitative estimate of drug-likeness (QED) is 0.911. The molecule has 1 aromatic rings. The molecule has 0 amide bonds. The highest BCUT2D eigenvalue weighted by molar-refractivity contribution is 5.50. The van der Waals surface area contributed by atoms with E-state index < -0.39 is 12.0 Å². The van der Waals surface area contributed by atoms with E-state index in [-0.39, 0.29) is 5.56 Å². The van der Waals surface area contributed by atoms with Crippen molar-refractivity contribution in [1.29, 1.82) is 0 Å². The summed E-state index contributed by atoms with van der Waals surface area (Å²) < 4.78 is 44.7. The number of hydrogen-bond donors (Lipinski definition) is 1. The lowest BCUT2D eigenvalue weighted by atomic mass is 9.96. The Hall–Kier alpha value is -1.40. The molecule has 1 N–H and O–H groups in total. The molecule has 4 nitrogen and oxygen atoms in total. The molecule has 0 spiro atoms. The number of alkyl halides is 2. The second-order valence-corrected chi connectivity index (χ2v) is 5.39. The fourth-order valence-corrected chi connectivity index (χ4v) is 2.64. The molecule has 1 saturated heterocycles. The van der Waals surface area contributed by atoms with Gasteiger partial charge in [0, 0.05) is 32.0 Å². The molecule has 0 bridgehead atoms. The molecule has 116 valence electrons. The van der Waals surface area contributed by atoms with Gasteiger partial charge in [-0.2, -0.15) is 0 Å². The van der Waals surface area contributed by atoms with Crippen molar-refractivity contribution >= 4 is 0 Å². The minimum Gasteiger partial charge on any atom is -0.490 e. The van der Waals surface area contributed by atoms with E-state index in [1.165, 1.54) is 6.07 Å². The number of hydrogen-bond acceptors (Lipinski definition) is 4. The molecule has 0 aliphatic carbocycles. The third-order valence-electron chi connectivity index (χ3n) is 3.67. The van der Waals surface area contributed by atoms with Gasteiger partial charge in [-0.3, -0.25) is 0 Å². The van der Waals surface area contributed by atoms with E-state index in [2.05, 4.69) is 5.32 Å². The summed E-state index contributed by atoms with van der Waals surface area (Å²) in [5.41, 5.74) is 0.416. The van der Waals surface area contributed by atoms with Crippen molar-refractivity contribution in [1.82, 2.24) is 5.32 Å². The van der Waals surface area contributed by atoms with Crippen LogP contribution >= 0.6 is 0 Å². The molecule has 1 atom stereocenters. The van der Waals surface area contributed by atoms with E-state index in [1.54, 1.807) is 6.07 Å². The Labute approximate surface area is 122 Å². The van der Waals surface area contributed by atoms with Crippen LogP contribution in [-0.4, -0.2) is 32.9 Å². The van der Waals surface area contributed by atoms with Crippen molar-refractivity contribution in [2.45, 2.75) is 25.4 Å². The fourth-order valence-electron chi connectivity index (χ4n) is 2.64. The van der Waals surface area contributed by atoms with Gasteiger partial charge in [-0.25, -0.2) is 8.78 Å². The van der Waals surface area contributed by atoms with Crippen LogP contribution in [0.15, 0.2) is 12.1 Å². The third-order valence-corrected chi connectivity index (χ3v) is 3.67. The topological polar surface area (TPSA) is 39.7 Å². The molecule has 21 heavy (non-hydrogen) atoms. The second kappa shape index (κ2) is 5.77. The molecule has 6 heteroatoms. The monoisotopic (exact) mass is 299 g/mol. The van der Waals surface area contributed by atoms with Crippen LogP contribution in [0.1, 0.15) is 30.6 Å². The number of fused-ring (bicyclic) bond motifs is 1. The zero-order valence-corrected chi connectivity index (χ0v) is 12.0. The Bertz CT molecular complexity index is 510. The molecule has 2 aliphatic heterocycles. The normalized spacial score (nSPS) is 22.7. The molecule has 1 aromatic carbocycles. The molecule has 0 saturated carbocycles. The Morgan fingerprint density at radius 2 is 1.86 bits per heavy atom. The van der Waals surface area contributed by atoms with Gasteiger partial charge in [0.1, 0.15) is 0 Å². The average molecular weight is 299 g/mol. The highest BCUT2D eigenvalue weighted by Gasteiger charge is 2.33. The summed E-state index contributed by atoms with van der Waals surface area (Å²) in [5.74, 6) is -2.05. The summed E-state index contributed by atoms with van der Waals surface area (Å²) in [5, 5.41) is 3.16. The lowest BCUT2D eigenvalue weighted by Gasteiger charge is -2.28. The van der Waals surface area contributed by atoms with E-state index in [9.17, 15) is 8.78 Å². The number of morpholine rings is 1. The summed E-state index contributed by atoms with van der Waals surface area (Å²) in [4.78, 5) is 0. The summed E-state index contributed by atoms with van der Waals surface area (Å²) in [6.45, 7) is 3.65. The Morgan fingerprint density at radius 3 is 2.48 bits per heavy atom. The first-order chi connectivity index (χ1) is 10.1. The Kier molecular flexibility index (Phi) is 3.99. The maximum Gasteiger partial charge on any atom is 0.271 e. The van der Waals surface area contributed by atoms with Crippen LogP contribution in [-0.2, 0) is 10.7 Å². The minimum absolute atomic E-state index is 0.0551. The predicted molar refractivity (Wildman–Crippen MR) is 73.2 cm³/mol. The van der Waals surface area contributed by atoms with Crippen LogP contribution in [0.3, 0.4) is 0 Å². The van der Waals surface area contributed by atoms with E-state index in [1.807, 2.05) is 0 Å². The van der Waals surface area contributed by atoms with Crippen LogP contribution in [0.5, 0.6) is 11.5 Å². The second-order valence-electron chi connectivity index (χ2n) is 5.39. The molecule has 1 unspecified atom stereocenters. The lowest BCUT2D eigenvalue weighted by Crippen LogP contribution is -2.34. The highest BCUT2D eigenvalue weighted by atomic mass is 19.3. The minimum atomic E-state index is -2.96. The van der Waals surface area contributed by atoms with Crippen LogP contribution in [0.4, 0.5) is 8.78 Å². The molecular weight excluding hydrogens is 280 g/mol. The van der Waals surface area contributed by atoms with Gasteiger partial charge in [0.15, 0.2) is 11.5 Å². The molecule has 3 rings (SSSR count). The number of benzene rings is 1. The van der Waals surface area contributed by atoms with E-state index in [4.69, 9.17) is 14.2 Å². The zero-order valence-electron chi connectivity index (χ0n) is 12.0. The van der Waals surface area contributed by atoms with Gasteiger partial charge >= 0.3 is 0 Å². The smallest absolute Gasteiger partial charge is 0.271 e. The predicted octanol–water partition coefficient (Wildman–Crippen LogP) is 2.62. The van der Waals surface area contributed by atoms with Crippen LogP contribution in [0.25, 0.3) is 0 Å². The molecule has 2 heterocycles. The van der Waals surface area contributed by atoms with Gasteiger partial charge in [0.25, 0.3) is 5.92 Å². The van der Waals surface area contributed by atoms with Gasteiger partial charge in [0.05, 0.1) is 25.9 Å². The number of halogens is 2. The largest absolute Gasteiger partial charge is 0.490 e. The maximum absolute atomic E-state index is 14.0. The Morgan fingerprint density at radius 1 is 1.14 bits per heavy atom. The summed E-state index contributed by atoms with van der Waals surface area (Å²) in [6.07, 6.45) is 0.348. The van der Waals surface area contributed by atoms with Crippen molar-refractivity contribution in [3.05, 3.63) is 23.3 Å². The van der Waals surface area contributed by atoms with Gasteiger partial charge in [-0.05, 0) is 17.7 Å². The zero-order chi connectivity index (χ0) is 14.9. The molecule has 0 aromatic heterocycles. The van der Waals surface area contributed by atoms with Gasteiger partial charge < -0.3 is 19.5 Å². The standard InChI is InChI=1S/C15H19F2NO3/c1-15(16,17)11-8-13-12(19-4-2-5-20-13)7-10(11)14-9-18-3-6-21-14/h7-8,14,18H,2-6,9H2,1H3. The SMILES string of the molecule is CC(F)(F)c1cc2c(cc1C1CNCCO1)OCCCO2. The number of rotatable bonds is 2.